The number of thioether (sulfide) groups is 1. The molecule has 1 aromatic carbocycles. The van der Waals surface area contributed by atoms with Crippen LogP contribution in [0, 0.1) is 17.8 Å². The van der Waals surface area contributed by atoms with Crippen molar-refractivity contribution in [1.82, 2.24) is 4.90 Å². The van der Waals surface area contributed by atoms with Crippen LogP contribution in [-0.2, 0) is 0 Å². The van der Waals surface area contributed by atoms with Crippen LogP contribution in [-0.4, -0.2) is 30.6 Å². The third-order valence-electron chi connectivity index (χ3n) is 8.43. The van der Waals surface area contributed by atoms with Crippen molar-refractivity contribution in [1.29, 1.82) is 0 Å². The molecule has 1 heterocycles. The number of benzene rings is 1. The first-order valence-electron chi connectivity index (χ1n) is 14.9. The van der Waals surface area contributed by atoms with Gasteiger partial charge >= 0.3 is 0 Å². The van der Waals surface area contributed by atoms with Gasteiger partial charge in [-0.2, -0.15) is 0 Å². The monoisotopic (exact) mass is 722 g/mol. The molecule has 2 rings (SSSR count). The number of anilines is 1. The number of halogens is 2. The molecule has 2 nitrogen and oxygen atoms in total. The molecule has 0 aromatic heterocycles. The number of thiocarbonyl (C=S) groups is 1. The van der Waals surface area contributed by atoms with Crippen molar-refractivity contribution in [3.63, 3.8) is 0 Å². The molecule has 37 heavy (non-hydrogen) atoms. The summed E-state index contributed by atoms with van der Waals surface area (Å²) < 4.78 is 2.26. The number of nitrogens with zero attached hydrogens (tertiary/aromatic N) is 1. The highest BCUT2D eigenvalue weighted by atomic mass is 127. The fourth-order valence-electron chi connectivity index (χ4n) is 6.20. The van der Waals surface area contributed by atoms with E-state index in [4.69, 9.17) is 12.2 Å². The predicted octanol–water partition coefficient (Wildman–Crippen LogP) is 11.3. The Bertz CT molecular complexity index is 807. The second kappa shape index (κ2) is 17.3. The first-order valence-corrected chi connectivity index (χ1v) is 18.5. The summed E-state index contributed by atoms with van der Waals surface area (Å²) in [5, 5.41) is 5.17. The molecule has 6 heteroatoms. The van der Waals surface area contributed by atoms with E-state index in [1.165, 1.54) is 62.2 Å². The molecular weight excluding hydrogens is 671 g/mol. The topological polar surface area (TPSA) is 15.3 Å². The molecule has 0 amide bonds. The van der Waals surface area contributed by atoms with Gasteiger partial charge in [-0.3, -0.25) is 0 Å². The van der Waals surface area contributed by atoms with E-state index in [0.29, 0.717) is 17.2 Å². The quantitative estimate of drug-likeness (QED) is 0.0790. The van der Waals surface area contributed by atoms with Crippen LogP contribution in [0.4, 0.5) is 5.69 Å². The van der Waals surface area contributed by atoms with Crippen LogP contribution in [0.1, 0.15) is 112 Å². The molecule has 1 N–H and O–H groups in total. The van der Waals surface area contributed by atoms with Gasteiger partial charge in [-0.15, -0.1) is 11.8 Å². The van der Waals surface area contributed by atoms with Gasteiger partial charge in [0, 0.05) is 31.8 Å². The molecule has 0 saturated carbocycles. The minimum Gasteiger partial charge on any atom is -0.333 e. The zero-order valence-corrected chi connectivity index (χ0v) is 29.6. The predicted molar refractivity (Wildman–Crippen MR) is 184 cm³/mol. The number of alkyl halides is 1. The van der Waals surface area contributed by atoms with Crippen molar-refractivity contribution in [3.05, 3.63) is 28.7 Å². The minimum absolute atomic E-state index is 0.0485. The molecule has 0 aliphatic carbocycles. The summed E-state index contributed by atoms with van der Waals surface area (Å²) in [6.07, 6.45) is 14.4. The average Bonchev–Trinajstić information content (AvgIpc) is 3.22. The van der Waals surface area contributed by atoms with Crippen LogP contribution in [0.15, 0.2) is 28.7 Å². The van der Waals surface area contributed by atoms with Crippen molar-refractivity contribution in [3.8, 4) is 0 Å². The van der Waals surface area contributed by atoms with Crippen LogP contribution >= 0.6 is 62.5 Å². The minimum atomic E-state index is 0.0485. The fraction of sp³-hybridized carbons (Fsp3) is 0.774. The Balaban J connectivity index is 2.29. The first-order chi connectivity index (χ1) is 17.8. The summed E-state index contributed by atoms with van der Waals surface area (Å²) in [4.78, 5) is 2.72. The average molecular weight is 724 g/mol. The van der Waals surface area contributed by atoms with Crippen molar-refractivity contribution >= 4 is 73.3 Å². The van der Waals surface area contributed by atoms with Gasteiger partial charge in [0.1, 0.15) is 0 Å². The Morgan fingerprint density at radius 2 is 1.81 bits per heavy atom. The number of hydrogen-bond acceptors (Lipinski definition) is 2. The van der Waals surface area contributed by atoms with Gasteiger partial charge < -0.3 is 10.2 Å². The summed E-state index contributed by atoms with van der Waals surface area (Å²) >= 11 is 14.8. The molecule has 0 spiro atoms. The van der Waals surface area contributed by atoms with Crippen molar-refractivity contribution in [2.45, 2.75) is 128 Å². The molecule has 1 aliphatic heterocycles. The molecule has 5 atom stereocenters. The number of hydrogen-bond donors (Lipinski definition) is 1. The molecule has 1 saturated heterocycles. The number of unbranched alkanes of at least 4 members (excludes halogenated alkanes) is 5. The second-order valence-electron chi connectivity index (χ2n) is 11.2. The van der Waals surface area contributed by atoms with Gasteiger partial charge in [0.05, 0.1) is 4.87 Å². The summed E-state index contributed by atoms with van der Waals surface area (Å²) in [6, 6.07) is 8.88. The van der Waals surface area contributed by atoms with Gasteiger partial charge in [-0.05, 0) is 67.9 Å². The molecule has 1 aromatic rings. The third kappa shape index (κ3) is 9.24. The Morgan fingerprint density at radius 1 is 1.11 bits per heavy atom. The maximum atomic E-state index is 6.24. The molecule has 1 aliphatic rings. The SMILES string of the molecule is CCCCCCCCC(CC(CI)C1(CC)SC(CC)C(CC)N1C(=S)Nc1cccc(Br)c1)C(C)C. The largest absolute Gasteiger partial charge is 0.333 e. The highest BCUT2D eigenvalue weighted by Crippen LogP contribution is 2.55. The van der Waals surface area contributed by atoms with Gasteiger partial charge in [-0.1, -0.05) is 131 Å². The van der Waals surface area contributed by atoms with E-state index in [0.717, 1.165) is 39.9 Å². The highest BCUT2D eigenvalue weighted by molar-refractivity contribution is 14.1. The zero-order chi connectivity index (χ0) is 27.4. The second-order valence-corrected chi connectivity index (χ2v) is 14.9. The summed E-state index contributed by atoms with van der Waals surface area (Å²) in [7, 11) is 0. The molecule has 212 valence electrons. The normalized spacial score (nSPS) is 23.4. The molecule has 0 radical (unpaired) electrons. The van der Waals surface area contributed by atoms with Gasteiger partial charge in [-0.25, -0.2) is 0 Å². The van der Waals surface area contributed by atoms with E-state index in [1.54, 1.807) is 0 Å². The van der Waals surface area contributed by atoms with Crippen LogP contribution in [0.5, 0.6) is 0 Å². The lowest BCUT2D eigenvalue weighted by Crippen LogP contribution is -2.56. The van der Waals surface area contributed by atoms with E-state index >= 15 is 0 Å². The summed E-state index contributed by atoms with van der Waals surface area (Å²) in [6.45, 7) is 14.3. The maximum absolute atomic E-state index is 6.24. The standard InChI is InChI=1S/C31H52BrIN2S2/c1-7-11-12-13-14-15-17-24(23(5)6)20-25(22-33)31(10-4)35(28(8-2)29(9-3)37-31)30(36)34-27-19-16-18-26(32)21-27/h16,18-19,21,23-25,28-29H,7-15,17,20,22H2,1-6H3,(H,34,36). The van der Waals surface area contributed by atoms with Gasteiger partial charge in [0.15, 0.2) is 5.11 Å². The number of rotatable bonds is 16. The van der Waals surface area contributed by atoms with Crippen molar-refractivity contribution in [2.75, 3.05) is 9.74 Å². The molecule has 0 bridgehead atoms. The lowest BCUT2D eigenvalue weighted by molar-refractivity contribution is 0.139. The zero-order valence-electron chi connectivity index (χ0n) is 24.2. The smallest absolute Gasteiger partial charge is 0.174 e. The lowest BCUT2D eigenvalue weighted by Gasteiger charge is -2.47. The Morgan fingerprint density at radius 3 is 2.38 bits per heavy atom. The van der Waals surface area contributed by atoms with Crippen LogP contribution in [0.3, 0.4) is 0 Å². The van der Waals surface area contributed by atoms with Crippen molar-refractivity contribution < 1.29 is 0 Å². The Hall–Kier alpha value is 0.470. The fourth-order valence-corrected chi connectivity index (χ4v) is 10.5. The number of nitrogens with one attached hydrogen (secondary N) is 1. The maximum Gasteiger partial charge on any atom is 0.174 e. The van der Waals surface area contributed by atoms with E-state index in [2.05, 4.69) is 126 Å². The Kier molecular flexibility index (Phi) is 15.8. The van der Waals surface area contributed by atoms with E-state index in [9.17, 15) is 0 Å². The van der Waals surface area contributed by atoms with E-state index in [1.807, 2.05) is 0 Å². The van der Waals surface area contributed by atoms with Gasteiger partial charge in [0.25, 0.3) is 0 Å². The van der Waals surface area contributed by atoms with Crippen LogP contribution < -0.4 is 5.32 Å². The van der Waals surface area contributed by atoms with E-state index < -0.39 is 0 Å². The summed E-state index contributed by atoms with van der Waals surface area (Å²) in [5.74, 6) is 2.12. The lowest BCUT2D eigenvalue weighted by atomic mass is 9.79. The Labute approximate surface area is 260 Å². The molecule has 5 unspecified atom stereocenters. The molecular formula is C31H52BrIN2S2. The van der Waals surface area contributed by atoms with Gasteiger partial charge in [0.2, 0.25) is 0 Å². The molecule has 1 fully saturated rings. The van der Waals surface area contributed by atoms with E-state index in [-0.39, 0.29) is 4.87 Å². The van der Waals surface area contributed by atoms with Crippen molar-refractivity contribution in [2.24, 2.45) is 17.8 Å². The highest BCUT2D eigenvalue weighted by Gasteiger charge is 2.55. The van der Waals surface area contributed by atoms with Crippen LogP contribution in [0.25, 0.3) is 0 Å². The third-order valence-corrected chi connectivity index (χ3v) is 12.5. The first kappa shape index (κ1) is 33.7. The summed E-state index contributed by atoms with van der Waals surface area (Å²) in [5.41, 5.74) is 1.07. The van der Waals surface area contributed by atoms with Crippen LogP contribution in [0.2, 0.25) is 0 Å².